The molecule has 0 amide bonds. The maximum absolute atomic E-state index is 11.3. The molecule has 0 radical (unpaired) electrons. The van der Waals surface area contributed by atoms with Crippen LogP contribution in [0.4, 0.5) is 13.2 Å². The topological polar surface area (TPSA) is 43.4 Å². The predicted octanol–water partition coefficient (Wildman–Crippen LogP) is 0.924. The van der Waals surface area contributed by atoms with E-state index in [0.29, 0.717) is 0 Å². The third-order valence-corrected chi connectivity index (χ3v) is 2.89. The number of rotatable bonds is 2. The van der Waals surface area contributed by atoms with Crippen LogP contribution in [0.25, 0.3) is 0 Å². The van der Waals surface area contributed by atoms with E-state index in [1.54, 1.807) is 0 Å². The van der Waals surface area contributed by atoms with Crippen molar-refractivity contribution in [2.24, 2.45) is 0 Å². The van der Waals surface area contributed by atoms with Gasteiger partial charge < -0.3 is 0 Å². The summed E-state index contributed by atoms with van der Waals surface area (Å²) in [5.41, 5.74) is 0. The van der Waals surface area contributed by atoms with Crippen LogP contribution >= 0.6 is 0 Å². The third-order valence-electron chi connectivity index (χ3n) is 0.556. The van der Waals surface area contributed by atoms with Gasteiger partial charge in [0, 0.05) is 0 Å². The second-order valence-corrected chi connectivity index (χ2v) is 4.68. The van der Waals surface area contributed by atoms with E-state index in [-0.39, 0.29) is 0 Å². The monoisotopic (exact) mass is 226 g/mol. The van der Waals surface area contributed by atoms with Gasteiger partial charge in [-0.05, 0) is 0 Å². The van der Waals surface area contributed by atoms with Gasteiger partial charge >= 0.3 is 56.3 Å². The third kappa shape index (κ3) is 2.24. The van der Waals surface area contributed by atoms with E-state index < -0.39 is 24.7 Å². The first-order chi connectivity index (χ1) is 4.31. The van der Waals surface area contributed by atoms with Crippen molar-refractivity contribution in [2.75, 3.05) is 6.61 Å². The molecule has 0 spiro atoms. The summed E-state index contributed by atoms with van der Waals surface area (Å²) in [6.45, 7) is 0.695. The molecule has 0 saturated heterocycles. The molecule has 0 atom stereocenters. The van der Waals surface area contributed by atoms with Crippen LogP contribution in [0.3, 0.4) is 0 Å². The molecule has 0 aromatic carbocycles. The van der Waals surface area contributed by atoms with Crippen LogP contribution < -0.4 is 0 Å². The fourth-order valence-electron chi connectivity index (χ4n) is 0.222. The zero-order valence-electron chi connectivity index (χ0n) is 4.97. The Bertz CT molecular complexity index is 192. The standard InChI is InChI=1S/C3H5F3O3Se/c1-2-9-10(7,8)3(4,5)6/h2H2,1H3. The van der Waals surface area contributed by atoms with Crippen molar-refractivity contribution >= 4 is 13.0 Å². The molecule has 0 heterocycles. The Morgan fingerprint density at radius 2 is 1.80 bits per heavy atom. The van der Waals surface area contributed by atoms with Crippen LogP contribution in [-0.2, 0) is 11.5 Å². The molecule has 0 rings (SSSR count). The van der Waals surface area contributed by atoms with Crippen LogP contribution in [0.5, 0.6) is 0 Å². The Kier molecular flexibility index (Phi) is 2.82. The van der Waals surface area contributed by atoms with Crippen LogP contribution in [0.2, 0.25) is 0 Å². The van der Waals surface area contributed by atoms with Crippen LogP contribution in [-0.4, -0.2) is 24.7 Å². The Hall–Kier alpha value is -0.131. The molecule has 0 bridgehead atoms. The van der Waals surface area contributed by atoms with E-state index in [1.807, 2.05) is 0 Å². The van der Waals surface area contributed by atoms with Gasteiger partial charge in [0.05, 0.1) is 0 Å². The molecular formula is C3H5F3O3Se. The average Bonchev–Trinajstić information content (AvgIpc) is 1.61. The minimum absolute atomic E-state index is 0.480. The zero-order valence-corrected chi connectivity index (χ0v) is 6.69. The quantitative estimate of drug-likeness (QED) is 0.656. The van der Waals surface area contributed by atoms with Crippen molar-refractivity contribution in [3.8, 4) is 0 Å². The van der Waals surface area contributed by atoms with Gasteiger partial charge in [-0.1, -0.05) is 0 Å². The summed E-state index contributed by atoms with van der Waals surface area (Å²) in [6, 6.07) is 0. The van der Waals surface area contributed by atoms with E-state index in [9.17, 15) is 20.8 Å². The van der Waals surface area contributed by atoms with Crippen molar-refractivity contribution < 1.29 is 24.7 Å². The molecule has 0 fully saturated rings. The number of halogens is 3. The van der Waals surface area contributed by atoms with Gasteiger partial charge in [0.15, 0.2) is 0 Å². The Labute approximate surface area is 57.1 Å². The second kappa shape index (κ2) is 2.86. The van der Waals surface area contributed by atoms with Crippen molar-refractivity contribution in [3.63, 3.8) is 0 Å². The van der Waals surface area contributed by atoms with Gasteiger partial charge in [-0.25, -0.2) is 0 Å². The Balaban J connectivity index is 4.44. The summed E-state index contributed by atoms with van der Waals surface area (Å²) in [7, 11) is 0. The summed E-state index contributed by atoms with van der Waals surface area (Å²) in [5, 5.41) is -5.23. The SMILES string of the molecule is CCO[Se](=O)(=O)C(F)(F)F. The number of hydrogen-bond donors (Lipinski definition) is 0. The summed E-state index contributed by atoms with van der Waals surface area (Å²) in [5.74, 6) is 0. The molecule has 0 aromatic heterocycles. The first-order valence-corrected chi connectivity index (χ1v) is 5.22. The van der Waals surface area contributed by atoms with E-state index in [4.69, 9.17) is 0 Å². The summed E-state index contributed by atoms with van der Waals surface area (Å²) in [4.78, 5) is 0. The molecule has 3 nitrogen and oxygen atoms in total. The Morgan fingerprint density at radius 3 is 1.90 bits per heavy atom. The van der Waals surface area contributed by atoms with E-state index >= 15 is 0 Å². The van der Waals surface area contributed by atoms with Gasteiger partial charge in [-0.15, -0.1) is 0 Å². The predicted molar refractivity (Wildman–Crippen MR) is 24.8 cm³/mol. The number of alkyl halides is 3. The molecule has 0 N–H and O–H groups in total. The van der Waals surface area contributed by atoms with E-state index in [0.717, 1.165) is 0 Å². The normalized spacial score (nSPS) is 13.6. The van der Waals surface area contributed by atoms with Gasteiger partial charge in [-0.2, -0.15) is 0 Å². The van der Waals surface area contributed by atoms with Crippen LogP contribution in [0, 0.1) is 0 Å². The number of hydrogen-bond acceptors (Lipinski definition) is 3. The molecule has 0 unspecified atom stereocenters. The average molecular weight is 225 g/mol. The maximum atomic E-state index is 11.3. The molecule has 0 aliphatic rings. The molecule has 0 aliphatic carbocycles. The van der Waals surface area contributed by atoms with Gasteiger partial charge in [0.25, 0.3) is 0 Å². The molecule has 7 heteroatoms. The van der Waals surface area contributed by atoms with Crippen molar-refractivity contribution in [1.29, 1.82) is 0 Å². The van der Waals surface area contributed by atoms with Gasteiger partial charge in [0.2, 0.25) is 0 Å². The van der Waals surface area contributed by atoms with Crippen molar-refractivity contribution in [1.82, 2.24) is 0 Å². The molecule has 0 aliphatic heterocycles. The van der Waals surface area contributed by atoms with Gasteiger partial charge in [0.1, 0.15) is 0 Å². The van der Waals surface area contributed by atoms with Crippen LogP contribution in [0.1, 0.15) is 6.92 Å². The fraction of sp³-hybridized carbons (Fsp3) is 1.00. The van der Waals surface area contributed by atoms with Crippen molar-refractivity contribution in [3.05, 3.63) is 0 Å². The molecule has 0 saturated carbocycles. The minimum atomic E-state index is -6.08. The van der Waals surface area contributed by atoms with E-state index in [1.165, 1.54) is 6.92 Å². The summed E-state index contributed by atoms with van der Waals surface area (Å²) < 4.78 is 57.5. The first kappa shape index (κ1) is 9.87. The summed E-state index contributed by atoms with van der Waals surface area (Å²) >= 11 is -6.08. The zero-order chi connectivity index (χ0) is 8.41. The first-order valence-electron chi connectivity index (χ1n) is 2.27. The molecule has 62 valence electrons. The summed E-state index contributed by atoms with van der Waals surface area (Å²) in [6.07, 6.45) is 0. The Morgan fingerprint density at radius 1 is 1.40 bits per heavy atom. The fourth-order valence-corrected chi connectivity index (χ4v) is 1.15. The van der Waals surface area contributed by atoms with Gasteiger partial charge in [-0.3, -0.25) is 0 Å². The molecule has 0 aromatic rings. The van der Waals surface area contributed by atoms with E-state index in [2.05, 4.69) is 3.82 Å². The van der Waals surface area contributed by atoms with Crippen molar-refractivity contribution in [2.45, 2.75) is 12.0 Å². The van der Waals surface area contributed by atoms with Crippen LogP contribution in [0.15, 0.2) is 0 Å². The molecular weight excluding hydrogens is 220 g/mol. The molecule has 10 heavy (non-hydrogen) atoms. The second-order valence-electron chi connectivity index (χ2n) is 1.31.